The Kier molecular flexibility index (Phi) is 11.5. The molecule has 0 fully saturated rings. The number of hydrogen-bond donors (Lipinski definition) is 2. The Hall–Kier alpha value is -1.29. The normalized spacial score (nSPS) is 11.6. The highest BCUT2D eigenvalue weighted by Crippen LogP contribution is 2.00. The summed E-state index contributed by atoms with van der Waals surface area (Å²) in [4.78, 5) is 18.4. The van der Waals surface area contributed by atoms with Gasteiger partial charge in [-0.25, -0.2) is 0 Å². The summed E-state index contributed by atoms with van der Waals surface area (Å²) >= 11 is 0. The third-order valence-electron chi connectivity index (χ3n) is 3.05. The van der Waals surface area contributed by atoms with E-state index in [9.17, 15) is 4.79 Å². The van der Waals surface area contributed by atoms with Crippen molar-refractivity contribution in [1.82, 2.24) is 15.5 Å². The molecule has 0 atom stereocenters. The molecular weight excluding hydrogens is 435 g/mol. The van der Waals surface area contributed by atoms with Crippen LogP contribution in [0.5, 0.6) is 0 Å². The molecule has 0 saturated heterocycles. The molecule has 0 aromatic carbocycles. The van der Waals surface area contributed by atoms with Crippen LogP contribution in [0, 0.1) is 0 Å². The van der Waals surface area contributed by atoms with Gasteiger partial charge in [0, 0.05) is 32.7 Å². The van der Waals surface area contributed by atoms with E-state index in [2.05, 4.69) is 15.6 Å². The Morgan fingerprint density at radius 1 is 1.40 bits per heavy atom. The van der Waals surface area contributed by atoms with Gasteiger partial charge in [0.25, 0.3) is 0 Å². The lowest BCUT2D eigenvalue weighted by atomic mass is 10.1. The van der Waals surface area contributed by atoms with Crippen molar-refractivity contribution >= 4 is 35.8 Å². The molecule has 25 heavy (non-hydrogen) atoms. The second-order valence-electron chi connectivity index (χ2n) is 6.61. The average molecular weight is 466 g/mol. The smallest absolute Gasteiger partial charge is 0.240 e. The van der Waals surface area contributed by atoms with Crippen LogP contribution in [0.2, 0.25) is 0 Å². The fraction of sp³-hybridized carbons (Fsp3) is 0.647. The fourth-order valence-electron chi connectivity index (χ4n) is 2.05. The number of hydrogen-bond acceptors (Lipinski definition) is 4. The number of nitrogens with zero attached hydrogens (tertiary/aromatic N) is 2. The number of carbonyl (C=O) groups is 1. The average Bonchev–Trinajstić information content (AvgIpc) is 2.96. The van der Waals surface area contributed by atoms with Crippen molar-refractivity contribution in [2.75, 3.05) is 40.4 Å². The van der Waals surface area contributed by atoms with Gasteiger partial charge in [-0.2, -0.15) is 0 Å². The highest BCUT2D eigenvalue weighted by molar-refractivity contribution is 14.0. The molecule has 1 rings (SSSR count). The van der Waals surface area contributed by atoms with Crippen molar-refractivity contribution in [3.05, 3.63) is 24.2 Å². The number of furan rings is 1. The van der Waals surface area contributed by atoms with E-state index < -0.39 is 0 Å². The van der Waals surface area contributed by atoms with Crippen molar-refractivity contribution < 1.29 is 13.9 Å². The third kappa shape index (κ3) is 11.0. The van der Waals surface area contributed by atoms with Crippen molar-refractivity contribution in [1.29, 1.82) is 0 Å². The summed E-state index contributed by atoms with van der Waals surface area (Å²) in [7, 11) is 3.48. The fourth-order valence-corrected chi connectivity index (χ4v) is 2.05. The molecule has 0 saturated carbocycles. The van der Waals surface area contributed by atoms with Gasteiger partial charge in [-0.3, -0.25) is 9.79 Å². The van der Waals surface area contributed by atoms with Gasteiger partial charge < -0.3 is 24.7 Å². The Labute approximate surface area is 167 Å². The number of methoxy groups -OCH3 is 1. The second-order valence-corrected chi connectivity index (χ2v) is 6.61. The lowest BCUT2D eigenvalue weighted by Crippen LogP contribution is -2.49. The summed E-state index contributed by atoms with van der Waals surface area (Å²) in [5, 5.41) is 6.21. The van der Waals surface area contributed by atoms with Crippen LogP contribution in [-0.4, -0.2) is 62.7 Å². The van der Waals surface area contributed by atoms with Gasteiger partial charge in [0.1, 0.15) is 5.76 Å². The van der Waals surface area contributed by atoms with Gasteiger partial charge >= 0.3 is 0 Å². The van der Waals surface area contributed by atoms with Crippen molar-refractivity contribution in [2.24, 2.45) is 4.99 Å². The molecule has 8 heteroatoms. The van der Waals surface area contributed by atoms with Crippen molar-refractivity contribution in [3.8, 4) is 0 Å². The topological polar surface area (TPSA) is 79.1 Å². The number of aliphatic imine (C=N–C) groups is 1. The summed E-state index contributed by atoms with van der Waals surface area (Å²) < 4.78 is 10.4. The lowest BCUT2D eigenvalue weighted by Gasteiger charge is -2.25. The summed E-state index contributed by atoms with van der Waals surface area (Å²) in [6.45, 7) is 7.85. The van der Waals surface area contributed by atoms with E-state index in [-0.39, 0.29) is 42.0 Å². The molecule has 0 radical (unpaired) electrons. The minimum atomic E-state index is -0.252. The first-order valence-corrected chi connectivity index (χ1v) is 8.13. The third-order valence-corrected chi connectivity index (χ3v) is 3.05. The number of carbonyl (C=O) groups excluding carboxylic acids is 1. The van der Waals surface area contributed by atoms with Crippen LogP contribution in [0.25, 0.3) is 0 Å². The van der Waals surface area contributed by atoms with E-state index >= 15 is 0 Å². The standard InChI is InChI=1S/C17H30N4O3.HI/c1-17(2,3)20-15(22)13-21(4)16(19-10-12-23-5)18-9-8-14-7-6-11-24-14;/h6-7,11H,8-10,12-13H2,1-5H3,(H,18,19)(H,20,22);1H. The Bertz CT molecular complexity index is 512. The molecule has 0 unspecified atom stereocenters. The molecule has 144 valence electrons. The molecule has 7 nitrogen and oxygen atoms in total. The monoisotopic (exact) mass is 466 g/mol. The number of amides is 1. The molecule has 0 bridgehead atoms. The summed E-state index contributed by atoms with van der Waals surface area (Å²) in [6.07, 6.45) is 2.41. The maximum Gasteiger partial charge on any atom is 0.240 e. The molecule has 0 aliphatic heterocycles. The van der Waals surface area contributed by atoms with E-state index in [0.717, 1.165) is 12.2 Å². The zero-order chi connectivity index (χ0) is 18.0. The summed E-state index contributed by atoms with van der Waals surface area (Å²) in [5.41, 5.74) is -0.252. The summed E-state index contributed by atoms with van der Waals surface area (Å²) in [5.74, 6) is 1.53. The number of nitrogens with one attached hydrogen (secondary N) is 2. The van der Waals surface area contributed by atoms with Gasteiger partial charge in [0.2, 0.25) is 5.91 Å². The first kappa shape index (κ1) is 23.7. The molecule has 1 aromatic rings. The molecule has 1 aromatic heterocycles. The minimum Gasteiger partial charge on any atom is -0.469 e. The second kappa shape index (κ2) is 12.1. The maximum absolute atomic E-state index is 12.1. The minimum absolute atomic E-state index is 0. The van der Waals surface area contributed by atoms with Crippen LogP contribution in [0.3, 0.4) is 0 Å². The summed E-state index contributed by atoms with van der Waals surface area (Å²) in [6, 6.07) is 3.80. The first-order valence-electron chi connectivity index (χ1n) is 8.13. The molecule has 0 aliphatic carbocycles. The van der Waals surface area contributed by atoms with Crippen LogP contribution < -0.4 is 10.6 Å². The van der Waals surface area contributed by atoms with Gasteiger partial charge in [-0.15, -0.1) is 24.0 Å². The van der Waals surface area contributed by atoms with E-state index in [0.29, 0.717) is 25.7 Å². The quantitative estimate of drug-likeness (QED) is 0.265. The van der Waals surface area contributed by atoms with Gasteiger partial charge in [-0.1, -0.05) is 0 Å². The Morgan fingerprint density at radius 2 is 2.12 bits per heavy atom. The number of ether oxygens (including phenoxy) is 1. The molecular formula is C17H31IN4O3. The molecule has 0 spiro atoms. The number of halogens is 1. The van der Waals surface area contributed by atoms with Gasteiger partial charge in [0.05, 0.1) is 26.0 Å². The van der Waals surface area contributed by atoms with Crippen molar-refractivity contribution in [2.45, 2.75) is 32.7 Å². The van der Waals surface area contributed by atoms with E-state index in [1.54, 1.807) is 18.3 Å². The van der Waals surface area contributed by atoms with Crippen LogP contribution in [-0.2, 0) is 16.0 Å². The Morgan fingerprint density at radius 3 is 2.68 bits per heavy atom. The predicted molar refractivity (Wildman–Crippen MR) is 111 cm³/mol. The van der Waals surface area contributed by atoms with E-state index in [1.807, 2.05) is 40.0 Å². The molecule has 1 amide bonds. The van der Waals surface area contributed by atoms with E-state index in [1.165, 1.54) is 0 Å². The van der Waals surface area contributed by atoms with Gasteiger partial charge in [0.15, 0.2) is 5.96 Å². The highest BCUT2D eigenvalue weighted by Gasteiger charge is 2.16. The highest BCUT2D eigenvalue weighted by atomic mass is 127. The van der Waals surface area contributed by atoms with Crippen LogP contribution in [0.15, 0.2) is 27.8 Å². The molecule has 2 N–H and O–H groups in total. The predicted octanol–water partition coefficient (Wildman–Crippen LogP) is 1.88. The van der Waals surface area contributed by atoms with Crippen LogP contribution in [0.1, 0.15) is 26.5 Å². The van der Waals surface area contributed by atoms with E-state index in [4.69, 9.17) is 9.15 Å². The molecule has 0 aliphatic rings. The van der Waals surface area contributed by atoms with Crippen LogP contribution >= 0.6 is 24.0 Å². The molecule has 1 heterocycles. The zero-order valence-electron chi connectivity index (χ0n) is 15.8. The maximum atomic E-state index is 12.1. The first-order chi connectivity index (χ1) is 11.3. The van der Waals surface area contributed by atoms with Crippen LogP contribution in [0.4, 0.5) is 0 Å². The number of guanidine groups is 1. The zero-order valence-corrected chi connectivity index (χ0v) is 18.1. The van der Waals surface area contributed by atoms with Gasteiger partial charge in [-0.05, 0) is 32.9 Å². The van der Waals surface area contributed by atoms with Crippen molar-refractivity contribution in [3.63, 3.8) is 0 Å². The Balaban J connectivity index is 0.00000576. The lowest BCUT2D eigenvalue weighted by molar-refractivity contribution is -0.122. The SMILES string of the molecule is COCCN=C(NCCc1ccco1)N(C)CC(=O)NC(C)(C)C.I. The number of rotatable bonds is 8. The largest absolute Gasteiger partial charge is 0.469 e. The number of likely N-dealkylation sites (N-methyl/N-ethyl adjacent to an activating group) is 1.